The van der Waals surface area contributed by atoms with Crippen LogP contribution in [0.5, 0.6) is 0 Å². The molecule has 1 heterocycles. The highest BCUT2D eigenvalue weighted by Crippen LogP contribution is 2.15. The van der Waals surface area contributed by atoms with E-state index in [-0.39, 0.29) is 18.1 Å². The van der Waals surface area contributed by atoms with E-state index >= 15 is 0 Å². The predicted molar refractivity (Wildman–Crippen MR) is 116 cm³/mol. The zero-order valence-corrected chi connectivity index (χ0v) is 18.2. The molecule has 2 N–H and O–H groups in total. The summed E-state index contributed by atoms with van der Waals surface area (Å²) >= 11 is 0. The molecule has 2 rings (SSSR count). The quantitative estimate of drug-likeness (QED) is 0.376. The lowest BCUT2D eigenvalue weighted by molar-refractivity contribution is -0.0586. The number of hydrogen-bond acceptors (Lipinski definition) is 4. The number of aliphatic imine (C=N–C) groups is 1. The highest BCUT2D eigenvalue weighted by Gasteiger charge is 2.26. The molecule has 2 unspecified atom stereocenters. The fourth-order valence-electron chi connectivity index (χ4n) is 3.32. The Morgan fingerprint density at radius 2 is 1.86 bits per heavy atom. The van der Waals surface area contributed by atoms with Gasteiger partial charge in [0.05, 0.1) is 18.8 Å². The second-order valence-electron chi connectivity index (χ2n) is 7.34. The molecule has 0 aromatic heterocycles. The number of rotatable bonds is 9. The van der Waals surface area contributed by atoms with Crippen LogP contribution in [0.1, 0.15) is 50.0 Å². The SMILES string of the molecule is CCNC(=NCc1ccc(C(=O)N2CC(C)OC(C)C2)cc1)NCCCOCC. The van der Waals surface area contributed by atoms with Gasteiger partial charge in [-0.1, -0.05) is 12.1 Å². The van der Waals surface area contributed by atoms with Crippen LogP contribution < -0.4 is 10.6 Å². The Kier molecular flexibility index (Phi) is 9.94. The minimum atomic E-state index is 0.0614. The Labute approximate surface area is 174 Å². The lowest BCUT2D eigenvalue weighted by atomic mass is 10.1. The van der Waals surface area contributed by atoms with Gasteiger partial charge in [0, 0.05) is 45.0 Å². The molecule has 1 aliphatic rings. The molecule has 1 aliphatic heterocycles. The standard InChI is InChI=1S/C22H36N4O3/c1-5-23-22(24-12-7-13-28-6-2)25-14-19-8-10-20(11-9-19)21(27)26-15-17(3)29-18(4)16-26/h8-11,17-18H,5-7,12-16H2,1-4H3,(H2,23,24,25). The van der Waals surface area contributed by atoms with Crippen LogP contribution in [-0.4, -0.2) is 68.4 Å². The molecule has 1 saturated heterocycles. The molecule has 0 aliphatic carbocycles. The number of ether oxygens (including phenoxy) is 2. The van der Waals surface area contributed by atoms with Crippen LogP contribution in [0.25, 0.3) is 0 Å². The van der Waals surface area contributed by atoms with E-state index in [9.17, 15) is 4.79 Å². The molecule has 1 amide bonds. The van der Waals surface area contributed by atoms with Gasteiger partial charge >= 0.3 is 0 Å². The van der Waals surface area contributed by atoms with E-state index in [1.165, 1.54) is 0 Å². The summed E-state index contributed by atoms with van der Waals surface area (Å²) in [6.45, 7) is 13.0. The number of nitrogens with zero attached hydrogens (tertiary/aromatic N) is 2. The Bertz CT molecular complexity index is 638. The van der Waals surface area contributed by atoms with Crippen LogP contribution in [0.4, 0.5) is 0 Å². The molecule has 1 aromatic carbocycles. The molecule has 0 saturated carbocycles. The van der Waals surface area contributed by atoms with Gasteiger partial charge in [0.2, 0.25) is 0 Å². The third-order valence-corrected chi connectivity index (χ3v) is 4.63. The second-order valence-corrected chi connectivity index (χ2v) is 7.34. The van der Waals surface area contributed by atoms with Gasteiger partial charge in [-0.2, -0.15) is 0 Å². The normalized spacial score (nSPS) is 19.9. The highest BCUT2D eigenvalue weighted by molar-refractivity contribution is 5.94. The summed E-state index contributed by atoms with van der Waals surface area (Å²) < 4.78 is 11.1. The summed E-state index contributed by atoms with van der Waals surface area (Å²) in [6, 6.07) is 7.73. The van der Waals surface area contributed by atoms with E-state index < -0.39 is 0 Å². The van der Waals surface area contributed by atoms with Crippen molar-refractivity contribution in [3.8, 4) is 0 Å². The van der Waals surface area contributed by atoms with Gasteiger partial charge in [0.25, 0.3) is 5.91 Å². The van der Waals surface area contributed by atoms with Gasteiger partial charge in [-0.05, 0) is 51.8 Å². The topological polar surface area (TPSA) is 75.2 Å². The van der Waals surface area contributed by atoms with E-state index in [2.05, 4.69) is 15.6 Å². The third-order valence-electron chi connectivity index (χ3n) is 4.63. The predicted octanol–water partition coefficient (Wildman–Crippen LogP) is 2.42. The Balaban J connectivity index is 1.89. The maximum Gasteiger partial charge on any atom is 0.254 e. The van der Waals surface area contributed by atoms with Crippen LogP contribution in [0, 0.1) is 0 Å². The first-order valence-electron chi connectivity index (χ1n) is 10.7. The van der Waals surface area contributed by atoms with Gasteiger partial charge < -0.3 is 25.0 Å². The van der Waals surface area contributed by atoms with Crippen molar-refractivity contribution in [2.75, 3.05) is 39.4 Å². The number of carbonyl (C=O) groups excluding carboxylic acids is 1. The minimum absolute atomic E-state index is 0.0614. The number of nitrogens with one attached hydrogen (secondary N) is 2. The fourth-order valence-corrected chi connectivity index (χ4v) is 3.32. The molecule has 2 atom stereocenters. The molecular weight excluding hydrogens is 368 g/mol. The van der Waals surface area contributed by atoms with E-state index in [4.69, 9.17) is 9.47 Å². The monoisotopic (exact) mass is 404 g/mol. The van der Waals surface area contributed by atoms with Gasteiger partial charge in [-0.15, -0.1) is 0 Å². The van der Waals surface area contributed by atoms with E-state index in [1.807, 2.05) is 56.9 Å². The van der Waals surface area contributed by atoms with Crippen molar-refractivity contribution in [1.82, 2.24) is 15.5 Å². The summed E-state index contributed by atoms with van der Waals surface area (Å²) in [7, 11) is 0. The van der Waals surface area contributed by atoms with E-state index in [0.29, 0.717) is 25.2 Å². The number of benzene rings is 1. The molecular formula is C22H36N4O3. The van der Waals surface area contributed by atoms with Crippen molar-refractivity contribution in [1.29, 1.82) is 0 Å². The summed E-state index contributed by atoms with van der Waals surface area (Å²) in [4.78, 5) is 19.3. The first-order chi connectivity index (χ1) is 14.0. The molecule has 1 aromatic rings. The van der Waals surface area contributed by atoms with Gasteiger partial charge in [0.1, 0.15) is 0 Å². The summed E-state index contributed by atoms with van der Waals surface area (Å²) in [5.41, 5.74) is 1.77. The summed E-state index contributed by atoms with van der Waals surface area (Å²) in [5.74, 6) is 0.854. The average molecular weight is 405 g/mol. The summed E-state index contributed by atoms with van der Waals surface area (Å²) in [5, 5.41) is 6.57. The van der Waals surface area contributed by atoms with Crippen LogP contribution in [0.3, 0.4) is 0 Å². The fraction of sp³-hybridized carbons (Fsp3) is 0.636. The Hall–Kier alpha value is -2.12. The smallest absolute Gasteiger partial charge is 0.254 e. The van der Waals surface area contributed by atoms with E-state index in [0.717, 1.165) is 44.2 Å². The Morgan fingerprint density at radius 3 is 2.48 bits per heavy atom. The van der Waals surface area contributed by atoms with Crippen molar-refractivity contribution in [2.45, 2.75) is 52.9 Å². The van der Waals surface area contributed by atoms with Crippen molar-refractivity contribution < 1.29 is 14.3 Å². The summed E-state index contributed by atoms with van der Waals surface area (Å²) in [6.07, 6.45) is 1.08. The number of morpholine rings is 1. The highest BCUT2D eigenvalue weighted by atomic mass is 16.5. The van der Waals surface area contributed by atoms with Crippen LogP contribution >= 0.6 is 0 Å². The van der Waals surface area contributed by atoms with Crippen LogP contribution in [0.15, 0.2) is 29.3 Å². The molecule has 0 bridgehead atoms. The average Bonchev–Trinajstić information content (AvgIpc) is 2.71. The largest absolute Gasteiger partial charge is 0.382 e. The maximum atomic E-state index is 12.8. The van der Waals surface area contributed by atoms with Gasteiger partial charge in [0.15, 0.2) is 5.96 Å². The molecule has 0 radical (unpaired) electrons. The molecule has 29 heavy (non-hydrogen) atoms. The first-order valence-corrected chi connectivity index (χ1v) is 10.7. The van der Waals surface area contributed by atoms with Crippen molar-refractivity contribution in [3.63, 3.8) is 0 Å². The lowest BCUT2D eigenvalue weighted by Gasteiger charge is -2.35. The number of amides is 1. The molecule has 162 valence electrons. The molecule has 0 spiro atoms. The zero-order chi connectivity index (χ0) is 21.1. The molecule has 7 nitrogen and oxygen atoms in total. The zero-order valence-electron chi connectivity index (χ0n) is 18.2. The first kappa shape index (κ1) is 23.2. The molecule has 7 heteroatoms. The minimum Gasteiger partial charge on any atom is -0.382 e. The third kappa shape index (κ3) is 8.03. The molecule has 1 fully saturated rings. The van der Waals surface area contributed by atoms with Crippen molar-refractivity contribution >= 4 is 11.9 Å². The maximum absolute atomic E-state index is 12.8. The van der Waals surface area contributed by atoms with Crippen LogP contribution in [0.2, 0.25) is 0 Å². The van der Waals surface area contributed by atoms with E-state index in [1.54, 1.807) is 0 Å². The van der Waals surface area contributed by atoms with Gasteiger partial charge in [-0.3, -0.25) is 4.79 Å². The van der Waals surface area contributed by atoms with Crippen LogP contribution in [-0.2, 0) is 16.0 Å². The lowest BCUT2D eigenvalue weighted by Crippen LogP contribution is -2.48. The van der Waals surface area contributed by atoms with Crippen molar-refractivity contribution in [2.24, 2.45) is 4.99 Å². The van der Waals surface area contributed by atoms with Gasteiger partial charge in [-0.25, -0.2) is 4.99 Å². The number of hydrogen-bond donors (Lipinski definition) is 2. The van der Waals surface area contributed by atoms with Crippen molar-refractivity contribution in [3.05, 3.63) is 35.4 Å². The number of guanidine groups is 1. The Morgan fingerprint density at radius 1 is 1.17 bits per heavy atom. The second kappa shape index (κ2) is 12.4. The number of carbonyl (C=O) groups is 1.